The maximum atomic E-state index is 12.5. The van der Waals surface area contributed by atoms with Gasteiger partial charge in [-0.3, -0.25) is 10.1 Å². The Kier molecular flexibility index (Phi) is 3.75. The van der Waals surface area contributed by atoms with Crippen molar-refractivity contribution in [1.82, 2.24) is 14.6 Å². The van der Waals surface area contributed by atoms with Crippen LogP contribution in [0.2, 0.25) is 0 Å². The number of nitrogens with one attached hydrogen (secondary N) is 1. The van der Waals surface area contributed by atoms with Crippen molar-refractivity contribution in [2.24, 2.45) is 0 Å². The van der Waals surface area contributed by atoms with Gasteiger partial charge in [-0.25, -0.2) is 9.50 Å². The Morgan fingerprint density at radius 1 is 1.11 bits per heavy atom. The molecular weight excluding hydrogens is 364 g/mol. The molecule has 1 N–H and O–H groups in total. The molecule has 27 heavy (non-hydrogen) atoms. The van der Waals surface area contributed by atoms with Crippen molar-refractivity contribution in [3.63, 3.8) is 0 Å². The predicted molar refractivity (Wildman–Crippen MR) is 101 cm³/mol. The standard InChI is InChI=1S/C19H14N4O3S/c24-17(16-11-25-14-8-4-5-9-15(14)26-16)21-18-22-23-10-13(20-19(23)27-18)12-6-2-1-3-7-12/h1-10,16H,11H2,(H,21,22,24). The predicted octanol–water partition coefficient (Wildman–Crippen LogP) is 3.24. The van der Waals surface area contributed by atoms with Gasteiger partial charge in [0.25, 0.3) is 5.91 Å². The molecule has 3 heterocycles. The van der Waals surface area contributed by atoms with E-state index in [-0.39, 0.29) is 12.5 Å². The summed E-state index contributed by atoms with van der Waals surface area (Å²) < 4.78 is 13.0. The van der Waals surface area contributed by atoms with Crippen molar-refractivity contribution in [3.8, 4) is 22.8 Å². The number of ether oxygens (including phenoxy) is 2. The zero-order valence-corrected chi connectivity index (χ0v) is 14.8. The Labute approximate surface area is 158 Å². The summed E-state index contributed by atoms with van der Waals surface area (Å²) in [6.45, 7) is 0.156. The highest BCUT2D eigenvalue weighted by Crippen LogP contribution is 2.31. The van der Waals surface area contributed by atoms with Gasteiger partial charge in [0.1, 0.15) is 6.61 Å². The number of hydrogen-bond acceptors (Lipinski definition) is 6. The average Bonchev–Trinajstić information content (AvgIpc) is 3.27. The van der Waals surface area contributed by atoms with Crippen LogP contribution in [0.1, 0.15) is 0 Å². The van der Waals surface area contributed by atoms with Gasteiger partial charge in [-0.2, -0.15) is 0 Å². The molecule has 0 radical (unpaired) electrons. The maximum Gasteiger partial charge on any atom is 0.270 e. The topological polar surface area (TPSA) is 77.8 Å². The number of nitrogens with zero attached hydrogens (tertiary/aromatic N) is 3. The van der Waals surface area contributed by atoms with E-state index in [1.54, 1.807) is 10.6 Å². The lowest BCUT2D eigenvalue weighted by molar-refractivity contribution is -0.125. The molecule has 0 spiro atoms. The van der Waals surface area contributed by atoms with Gasteiger partial charge in [-0.1, -0.05) is 53.8 Å². The molecule has 2 aromatic carbocycles. The van der Waals surface area contributed by atoms with Gasteiger partial charge >= 0.3 is 0 Å². The fourth-order valence-electron chi connectivity index (χ4n) is 2.83. The number of carbonyl (C=O) groups is 1. The number of para-hydroxylation sites is 2. The van der Waals surface area contributed by atoms with Crippen molar-refractivity contribution < 1.29 is 14.3 Å². The zero-order chi connectivity index (χ0) is 18.2. The van der Waals surface area contributed by atoms with Gasteiger partial charge in [0, 0.05) is 5.56 Å². The minimum Gasteiger partial charge on any atom is -0.485 e. The van der Waals surface area contributed by atoms with E-state index >= 15 is 0 Å². The van der Waals surface area contributed by atoms with E-state index in [4.69, 9.17) is 9.47 Å². The number of amides is 1. The highest BCUT2D eigenvalue weighted by molar-refractivity contribution is 7.20. The molecule has 0 saturated heterocycles. The Morgan fingerprint density at radius 3 is 2.70 bits per heavy atom. The first-order chi connectivity index (χ1) is 13.3. The molecule has 8 heteroatoms. The number of carbonyl (C=O) groups excluding carboxylic acids is 1. The summed E-state index contributed by atoms with van der Waals surface area (Å²) >= 11 is 1.30. The van der Waals surface area contributed by atoms with Crippen molar-refractivity contribution in [2.75, 3.05) is 11.9 Å². The van der Waals surface area contributed by atoms with Gasteiger partial charge in [0.2, 0.25) is 16.2 Å². The first-order valence-electron chi connectivity index (χ1n) is 8.37. The maximum absolute atomic E-state index is 12.5. The van der Waals surface area contributed by atoms with E-state index in [0.717, 1.165) is 11.3 Å². The van der Waals surface area contributed by atoms with Crippen LogP contribution in [0.3, 0.4) is 0 Å². The molecule has 0 fully saturated rings. The van der Waals surface area contributed by atoms with Crippen LogP contribution in [0, 0.1) is 0 Å². The largest absolute Gasteiger partial charge is 0.485 e. The van der Waals surface area contributed by atoms with Crippen LogP contribution in [-0.4, -0.2) is 33.2 Å². The lowest BCUT2D eigenvalue weighted by atomic mass is 10.2. The molecule has 1 aliphatic rings. The van der Waals surface area contributed by atoms with E-state index < -0.39 is 6.10 Å². The van der Waals surface area contributed by atoms with Crippen LogP contribution in [-0.2, 0) is 4.79 Å². The molecule has 7 nitrogen and oxygen atoms in total. The Balaban J connectivity index is 1.32. The van der Waals surface area contributed by atoms with Gasteiger partial charge in [0.15, 0.2) is 11.5 Å². The van der Waals surface area contributed by atoms with E-state index in [1.165, 1.54) is 11.3 Å². The van der Waals surface area contributed by atoms with Crippen LogP contribution < -0.4 is 14.8 Å². The number of hydrogen-bond donors (Lipinski definition) is 1. The Morgan fingerprint density at radius 2 is 1.89 bits per heavy atom. The van der Waals surface area contributed by atoms with Crippen molar-refractivity contribution in [2.45, 2.75) is 6.10 Å². The van der Waals surface area contributed by atoms with Crippen molar-refractivity contribution in [1.29, 1.82) is 0 Å². The molecule has 134 valence electrons. The normalized spacial score (nSPS) is 15.6. The quantitative estimate of drug-likeness (QED) is 0.592. The number of aromatic nitrogens is 3. The first-order valence-corrected chi connectivity index (χ1v) is 9.19. The molecule has 4 aromatic rings. The lowest BCUT2D eigenvalue weighted by Crippen LogP contribution is -2.40. The van der Waals surface area contributed by atoms with Gasteiger partial charge in [0.05, 0.1) is 11.9 Å². The third-order valence-electron chi connectivity index (χ3n) is 4.14. The number of benzene rings is 2. The minimum atomic E-state index is -0.726. The van der Waals surface area contributed by atoms with E-state index in [1.807, 2.05) is 54.7 Å². The van der Waals surface area contributed by atoms with Crippen LogP contribution >= 0.6 is 11.3 Å². The van der Waals surface area contributed by atoms with E-state index in [0.29, 0.717) is 21.6 Å². The first kappa shape index (κ1) is 15.8. The molecule has 2 aromatic heterocycles. The van der Waals surface area contributed by atoms with E-state index in [2.05, 4.69) is 15.4 Å². The summed E-state index contributed by atoms with van der Waals surface area (Å²) in [5.74, 6) is 0.901. The fourth-order valence-corrected chi connectivity index (χ4v) is 3.62. The number of imidazole rings is 1. The third kappa shape index (κ3) is 3.00. The second-order valence-electron chi connectivity index (χ2n) is 5.98. The van der Waals surface area contributed by atoms with Crippen LogP contribution in [0.25, 0.3) is 16.2 Å². The summed E-state index contributed by atoms with van der Waals surface area (Å²) in [6.07, 6.45) is 1.11. The smallest absolute Gasteiger partial charge is 0.270 e. The summed E-state index contributed by atoms with van der Waals surface area (Å²) in [5, 5.41) is 7.62. The molecular formula is C19H14N4O3S. The number of rotatable bonds is 3. The van der Waals surface area contributed by atoms with Crippen LogP contribution in [0.15, 0.2) is 60.8 Å². The monoisotopic (exact) mass is 378 g/mol. The Hall–Kier alpha value is -3.39. The van der Waals surface area contributed by atoms with Crippen LogP contribution in [0.4, 0.5) is 5.13 Å². The summed E-state index contributed by atoms with van der Waals surface area (Å²) in [6, 6.07) is 17.2. The van der Waals surface area contributed by atoms with Gasteiger partial charge < -0.3 is 9.47 Å². The third-order valence-corrected chi connectivity index (χ3v) is 4.98. The summed E-state index contributed by atoms with van der Waals surface area (Å²) in [5.41, 5.74) is 1.86. The molecule has 0 saturated carbocycles. The SMILES string of the molecule is O=C(Nc1nn2cc(-c3ccccc3)nc2s1)C1COc2ccccc2O1. The highest BCUT2D eigenvalue weighted by Gasteiger charge is 2.28. The van der Waals surface area contributed by atoms with Gasteiger partial charge in [-0.15, -0.1) is 5.10 Å². The number of anilines is 1. The zero-order valence-electron chi connectivity index (χ0n) is 14.0. The van der Waals surface area contributed by atoms with Crippen LogP contribution in [0.5, 0.6) is 11.5 Å². The second kappa shape index (κ2) is 6.40. The van der Waals surface area contributed by atoms with Crippen molar-refractivity contribution in [3.05, 3.63) is 60.8 Å². The van der Waals surface area contributed by atoms with Crippen molar-refractivity contribution >= 4 is 27.3 Å². The Bertz CT molecular complexity index is 1090. The minimum absolute atomic E-state index is 0.156. The molecule has 0 bridgehead atoms. The fraction of sp³-hybridized carbons (Fsp3) is 0.105. The highest BCUT2D eigenvalue weighted by atomic mass is 32.1. The van der Waals surface area contributed by atoms with E-state index in [9.17, 15) is 4.79 Å². The molecule has 1 amide bonds. The number of fused-ring (bicyclic) bond motifs is 2. The second-order valence-corrected chi connectivity index (χ2v) is 6.94. The molecule has 1 atom stereocenters. The molecule has 1 unspecified atom stereocenters. The summed E-state index contributed by atoms with van der Waals surface area (Å²) in [4.78, 5) is 17.8. The van der Waals surface area contributed by atoms with Gasteiger partial charge in [-0.05, 0) is 12.1 Å². The molecule has 1 aliphatic heterocycles. The summed E-state index contributed by atoms with van der Waals surface area (Å²) in [7, 11) is 0. The average molecular weight is 378 g/mol. The molecule has 5 rings (SSSR count). The molecule has 0 aliphatic carbocycles. The lowest BCUT2D eigenvalue weighted by Gasteiger charge is -2.25.